The van der Waals surface area contributed by atoms with Crippen molar-refractivity contribution in [2.24, 2.45) is 0 Å². The van der Waals surface area contributed by atoms with Crippen molar-refractivity contribution in [2.45, 2.75) is 6.92 Å². The third-order valence-electron chi connectivity index (χ3n) is 2.28. The van der Waals surface area contributed by atoms with Crippen LogP contribution in [0.25, 0.3) is 0 Å². The van der Waals surface area contributed by atoms with E-state index in [-0.39, 0.29) is 5.91 Å². The van der Waals surface area contributed by atoms with Crippen LogP contribution in [0.1, 0.15) is 17.3 Å². The molecule has 2 aromatic rings. The Morgan fingerprint density at radius 2 is 2.39 bits per heavy atom. The van der Waals surface area contributed by atoms with Crippen LogP contribution in [0.3, 0.4) is 0 Å². The Labute approximate surface area is 104 Å². The first kappa shape index (κ1) is 12.0. The number of carbonyl (C=O) groups excluding carboxylic acids is 1. The maximum atomic E-state index is 12.1. The Bertz CT molecular complexity index is 538. The number of carbonyl (C=O) groups is 1. The van der Waals surface area contributed by atoms with Crippen LogP contribution in [-0.4, -0.2) is 17.7 Å². The summed E-state index contributed by atoms with van der Waals surface area (Å²) in [5.41, 5.74) is 6.93. The molecule has 0 atom stereocenters. The highest BCUT2D eigenvalue weighted by atomic mass is 16.5. The molecule has 0 aliphatic heterocycles. The van der Waals surface area contributed by atoms with Gasteiger partial charge in [-0.1, -0.05) is 11.2 Å². The van der Waals surface area contributed by atoms with Gasteiger partial charge in [0.05, 0.1) is 12.8 Å². The second-order valence-electron chi connectivity index (χ2n) is 3.52. The number of aromatic nitrogens is 1. The van der Waals surface area contributed by atoms with Gasteiger partial charge in [0.1, 0.15) is 23.3 Å². The third-order valence-corrected chi connectivity index (χ3v) is 2.28. The minimum absolute atomic E-state index is 0.306. The monoisotopic (exact) mass is 247 g/mol. The lowest BCUT2D eigenvalue weighted by molar-refractivity contribution is 0.102. The summed E-state index contributed by atoms with van der Waals surface area (Å²) < 4.78 is 10.0. The van der Waals surface area contributed by atoms with Gasteiger partial charge in [0, 0.05) is 5.69 Å². The van der Waals surface area contributed by atoms with Gasteiger partial charge in [0.25, 0.3) is 5.91 Å². The van der Waals surface area contributed by atoms with E-state index in [1.165, 1.54) is 12.5 Å². The van der Waals surface area contributed by atoms with Crippen molar-refractivity contribution in [1.29, 1.82) is 0 Å². The zero-order valence-corrected chi connectivity index (χ0v) is 9.84. The molecule has 0 bridgehead atoms. The lowest BCUT2D eigenvalue weighted by Crippen LogP contribution is -2.15. The molecule has 18 heavy (non-hydrogen) atoms. The van der Waals surface area contributed by atoms with Crippen molar-refractivity contribution in [3.63, 3.8) is 0 Å². The first-order valence-corrected chi connectivity index (χ1v) is 5.44. The van der Waals surface area contributed by atoms with E-state index in [0.29, 0.717) is 29.3 Å². The summed E-state index contributed by atoms with van der Waals surface area (Å²) in [4.78, 5) is 12.1. The molecule has 0 saturated carbocycles. The van der Waals surface area contributed by atoms with E-state index in [0.717, 1.165) is 0 Å². The Kier molecular flexibility index (Phi) is 3.47. The summed E-state index contributed by atoms with van der Waals surface area (Å²) in [5.74, 6) is 0.0891. The standard InChI is InChI=1S/C12H13N3O3/c1-2-17-10-5-3-4-9(13)11(10)12(16)15-8-6-14-18-7-8/h3-7H,2,13H2,1H3,(H,15,16). The molecule has 1 heterocycles. The van der Waals surface area contributed by atoms with Crippen LogP contribution in [0.4, 0.5) is 11.4 Å². The third kappa shape index (κ3) is 2.42. The summed E-state index contributed by atoms with van der Waals surface area (Å²) >= 11 is 0. The summed E-state index contributed by atoms with van der Waals surface area (Å²) in [6, 6.07) is 5.07. The molecular formula is C12H13N3O3. The van der Waals surface area contributed by atoms with Gasteiger partial charge in [-0.25, -0.2) is 0 Å². The smallest absolute Gasteiger partial charge is 0.261 e. The van der Waals surface area contributed by atoms with Crippen molar-refractivity contribution in [2.75, 3.05) is 17.7 Å². The molecule has 3 N–H and O–H groups in total. The van der Waals surface area contributed by atoms with Crippen LogP contribution in [-0.2, 0) is 0 Å². The molecule has 0 radical (unpaired) electrons. The number of nitrogens with one attached hydrogen (secondary N) is 1. The normalized spacial score (nSPS) is 10.1. The van der Waals surface area contributed by atoms with Crippen molar-refractivity contribution in [3.8, 4) is 5.75 Å². The predicted octanol–water partition coefficient (Wildman–Crippen LogP) is 1.91. The molecule has 1 amide bonds. The van der Waals surface area contributed by atoms with Gasteiger partial charge in [-0.3, -0.25) is 4.79 Å². The minimum atomic E-state index is -0.361. The van der Waals surface area contributed by atoms with Gasteiger partial charge < -0.3 is 20.3 Å². The number of rotatable bonds is 4. The molecule has 0 unspecified atom stereocenters. The molecule has 0 aliphatic rings. The predicted molar refractivity (Wildman–Crippen MR) is 66.5 cm³/mol. The number of ether oxygens (including phenoxy) is 1. The van der Waals surface area contributed by atoms with Crippen LogP contribution in [0.2, 0.25) is 0 Å². The van der Waals surface area contributed by atoms with E-state index in [1.807, 2.05) is 6.92 Å². The molecule has 6 heteroatoms. The number of benzene rings is 1. The zero-order valence-electron chi connectivity index (χ0n) is 9.84. The molecule has 0 fully saturated rings. The number of amides is 1. The van der Waals surface area contributed by atoms with E-state index in [4.69, 9.17) is 10.5 Å². The highest BCUT2D eigenvalue weighted by Crippen LogP contribution is 2.25. The van der Waals surface area contributed by atoms with Gasteiger partial charge in [-0.05, 0) is 19.1 Å². The Morgan fingerprint density at radius 3 is 3.06 bits per heavy atom. The molecule has 0 spiro atoms. The molecule has 0 saturated heterocycles. The minimum Gasteiger partial charge on any atom is -0.493 e. The summed E-state index contributed by atoms with van der Waals surface area (Å²) in [6.45, 7) is 2.29. The molecule has 1 aromatic carbocycles. The van der Waals surface area contributed by atoms with E-state index in [2.05, 4.69) is 15.0 Å². The van der Waals surface area contributed by atoms with Crippen LogP contribution in [0.5, 0.6) is 5.75 Å². The molecular weight excluding hydrogens is 234 g/mol. The lowest BCUT2D eigenvalue weighted by Gasteiger charge is -2.11. The lowest BCUT2D eigenvalue weighted by atomic mass is 10.1. The maximum absolute atomic E-state index is 12.1. The highest BCUT2D eigenvalue weighted by Gasteiger charge is 2.16. The number of nitrogen functional groups attached to an aromatic ring is 1. The van der Waals surface area contributed by atoms with Crippen molar-refractivity contribution >= 4 is 17.3 Å². The molecule has 6 nitrogen and oxygen atoms in total. The second-order valence-corrected chi connectivity index (χ2v) is 3.52. The van der Waals surface area contributed by atoms with Crippen LogP contribution in [0, 0.1) is 0 Å². The molecule has 1 aromatic heterocycles. The number of anilines is 2. The second kappa shape index (κ2) is 5.22. The average molecular weight is 247 g/mol. The van der Waals surface area contributed by atoms with E-state index < -0.39 is 0 Å². The number of nitrogens with two attached hydrogens (primary N) is 1. The average Bonchev–Trinajstić information content (AvgIpc) is 2.82. The van der Waals surface area contributed by atoms with Crippen LogP contribution < -0.4 is 15.8 Å². The van der Waals surface area contributed by atoms with Gasteiger partial charge in [0.15, 0.2) is 0 Å². The Morgan fingerprint density at radius 1 is 1.56 bits per heavy atom. The number of hydrogen-bond acceptors (Lipinski definition) is 5. The Balaban J connectivity index is 2.28. The summed E-state index contributed by atoms with van der Waals surface area (Å²) in [5, 5.41) is 6.12. The van der Waals surface area contributed by atoms with Crippen LogP contribution in [0.15, 0.2) is 35.2 Å². The largest absolute Gasteiger partial charge is 0.493 e. The molecule has 94 valence electrons. The van der Waals surface area contributed by atoms with E-state index >= 15 is 0 Å². The van der Waals surface area contributed by atoms with Crippen molar-refractivity contribution < 1.29 is 14.1 Å². The molecule has 0 aliphatic carbocycles. The van der Waals surface area contributed by atoms with Crippen LogP contribution >= 0.6 is 0 Å². The topological polar surface area (TPSA) is 90.4 Å². The van der Waals surface area contributed by atoms with E-state index in [1.54, 1.807) is 18.2 Å². The number of nitrogens with zero attached hydrogens (tertiary/aromatic N) is 1. The van der Waals surface area contributed by atoms with E-state index in [9.17, 15) is 4.79 Å². The van der Waals surface area contributed by atoms with Gasteiger partial charge >= 0.3 is 0 Å². The fourth-order valence-corrected chi connectivity index (χ4v) is 1.53. The first-order chi connectivity index (χ1) is 8.72. The van der Waals surface area contributed by atoms with Crippen molar-refractivity contribution in [3.05, 3.63) is 36.2 Å². The Hall–Kier alpha value is -2.50. The highest BCUT2D eigenvalue weighted by molar-refractivity contribution is 6.09. The van der Waals surface area contributed by atoms with Gasteiger partial charge in [-0.15, -0.1) is 0 Å². The first-order valence-electron chi connectivity index (χ1n) is 5.44. The fourth-order valence-electron chi connectivity index (χ4n) is 1.53. The van der Waals surface area contributed by atoms with Gasteiger partial charge in [-0.2, -0.15) is 0 Å². The zero-order chi connectivity index (χ0) is 13.0. The molecule has 2 rings (SSSR count). The summed E-state index contributed by atoms with van der Waals surface area (Å²) in [7, 11) is 0. The number of hydrogen-bond donors (Lipinski definition) is 2. The van der Waals surface area contributed by atoms with Crippen molar-refractivity contribution in [1.82, 2.24) is 5.16 Å². The quantitative estimate of drug-likeness (QED) is 0.805. The summed E-state index contributed by atoms with van der Waals surface area (Å²) in [6.07, 6.45) is 2.73. The maximum Gasteiger partial charge on any atom is 0.261 e. The fraction of sp³-hybridized carbons (Fsp3) is 0.167. The SMILES string of the molecule is CCOc1cccc(N)c1C(=O)Nc1cnoc1. The van der Waals surface area contributed by atoms with Gasteiger partial charge in [0.2, 0.25) is 0 Å².